The molecule has 0 spiro atoms. The molecule has 1 aromatic heterocycles. The van der Waals surface area contributed by atoms with Crippen molar-refractivity contribution in [1.82, 2.24) is 4.90 Å². The lowest BCUT2D eigenvalue weighted by molar-refractivity contribution is 0.208. The molecule has 0 unspecified atom stereocenters. The van der Waals surface area contributed by atoms with Crippen LogP contribution in [0, 0.1) is 0 Å². The molecule has 1 aromatic rings. The van der Waals surface area contributed by atoms with Gasteiger partial charge in [0.2, 0.25) is 0 Å². The minimum Gasteiger partial charge on any atom is -0.328 e. The lowest BCUT2D eigenvalue weighted by atomic mass is 9.71. The Labute approximate surface area is 102 Å². The normalized spacial score (nSPS) is 30.9. The van der Waals surface area contributed by atoms with E-state index in [-0.39, 0.29) is 0 Å². The monoisotopic (exact) mass is 238 g/mol. The highest BCUT2D eigenvalue weighted by Crippen LogP contribution is 2.41. The smallest absolute Gasteiger partial charge is 0.0175 e. The van der Waals surface area contributed by atoms with Gasteiger partial charge in [0, 0.05) is 22.9 Å². The molecule has 0 saturated heterocycles. The van der Waals surface area contributed by atoms with Crippen LogP contribution >= 0.6 is 11.3 Å². The third kappa shape index (κ3) is 2.47. The third-order valence-corrected chi connectivity index (χ3v) is 4.77. The quantitative estimate of drug-likeness (QED) is 0.876. The summed E-state index contributed by atoms with van der Waals surface area (Å²) in [4.78, 5) is 3.87. The Hall–Kier alpha value is -0.380. The van der Waals surface area contributed by atoms with E-state index in [1.165, 1.54) is 25.7 Å². The van der Waals surface area contributed by atoms with Gasteiger partial charge >= 0.3 is 0 Å². The highest BCUT2D eigenvalue weighted by atomic mass is 32.1. The topological polar surface area (TPSA) is 29.3 Å². The van der Waals surface area contributed by atoms with Crippen LogP contribution in [0.3, 0.4) is 0 Å². The Morgan fingerprint density at radius 2 is 2.12 bits per heavy atom. The van der Waals surface area contributed by atoms with Gasteiger partial charge in [-0.2, -0.15) is 0 Å². The van der Waals surface area contributed by atoms with Crippen LogP contribution in [0.4, 0.5) is 0 Å². The summed E-state index contributed by atoms with van der Waals surface area (Å²) in [5, 5.41) is 2.20. The van der Waals surface area contributed by atoms with Crippen molar-refractivity contribution in [3.8, 4) is 0 Å². The molecule has 1 aliphatic rings. The second-order valence-electron chi connectivity index (χ2n) is 5.33. The molecule has 2 rings (SSSR count). The third-order valence-electron chi connectivity index (χ3n) is 3.65. The number of likely N-dealkylation sites (N-methyl/N-ethyl adjacent to an activating group) is 1. The Morgan fingerprint density at radius 3 is 2.62 bits per heavy atom. The number of nitrogens with two attached hydrogens (primary N) is 1. The first-order valence-electron chi connectivity index (χ1n) is 6.07. The van der Waals surface area contributed by atoms with E-state index in [1.54, 1.807) is 4.88 Å². The number of hydrogen-bond donors (Lipinski definition) is 1. The van der Waals surface area contributed by atoms with Crippen molar-refractivity contribution < 1.29 is 0 Å². The zero-order valence-corrected chi connectivity index (χ0v) is 11.1. The molecule has 0 atom stereocenters. The first-order chi connectivity index (χ1) is 7.62. The average molecular weight is 238 g/mol. The summed E-state index contributed by atoms with van der Waals surface area (Å²) in [5.74, 6) is 0. The van der Waals surface area contributed by atoms with E-state index >= 15 is 0 Å². The van der Waals surface area contributed by atoms with Crippen molar-refractivity contribution >= 4 is 11.3 Å². The lowest BCUT2D eigenvalue weighted by Crippen LogP contribution is -2.43. The first kappa shape index (κ1) is 12.1. The standard InChI is InChI=1S/C13H22N2S/c1-15(2)10-13(12-4-3-9-16-12)7-5-11(14)6-8-13/h3-4,9,11H,5-8,10,14H2,1-2H3. The van der Waals surface area contributed by atoms with Gasteiger partial charge in [-0.25, -0.2) is 0 Å². The molecule has 0 aromatic carbocycles. The van der Waals surface area contributed by atoms with Crippen molar-refractivity contribution in [2.75, 3.05) is 20.6 Å². The van der Waals surface area contributed by atoms with Crippen LogP contribution in [-0.2, 0) is 5.41 Å². The summed E-state index contributed by atoms with van der Waals surface area (Å²) in [7, 11) is 4.34. The maximum atomic E-state index is 6.03. The molecule has 0 amide bonds. The van der Waals surface area contributed by atoms with Crippen molar-refractivity contribution in [1.29, 1.82) is 0 Å². The molecule has 1 aliphatic carbocycles. The maximum absolute atomic E-state index is 6.03. The van der Waals surface area contributed by atoms with E-state index in [4.69, 9.17) is 5.73 Å². The first-order valence-corrected chi connectivity index (χ1v) is 6.95. The SMILES string of the molecule is CN(C)CC1(c2cccs2)CCC(N)CC1. The fourth-order valence-corrected chi connectivity index (χ4v) is 3.84. The van der Waals surface area contributed by atoms with Crippen LogP contribution in [0.15, 0.2) is 17.5 Å². The molecule has 16 heavy (non-hydrogen) atoms. The minimum absolute atomic E-state index is 0.369. The molecule has 1 heterocycles. The number of rotatable bonds is 3. The molecule has 2 N–H and O–H groups in total. The van der Waals surface area contributed by atoms with Crippen LogP contribution in [-0.4, -0.2) is 31.6 Å². The number of thiophene rings is 1. The van der Waals surface area contributed by atoms with E-state index < -0.39 is 0 Å². The highest BCUT2D eigenvalue weighted by molar-refractivity contribution is 7.10. The van der Waals surface area contributed by atoms with Crippen LogP contribution in [0.5, 0.6) is 0 Å². The molecular formula is C13H22N2S. The van der Waals surface area contributed by atoms with E-state index in [0.29, 0.717) is 11.5 Å². The second kappa shape index (κ2) is 4.86. The van der Waals surface area contributed by atoms with E-state index in [9.17, 15) is 0 Å². The summed E-state index contributed by atoms with van der Waals surface area (Å²) >= 11 is 1.90. The lowest BCUT2D eigenvalue weighted by Gasteiger charge is -2.40. The van der Waals surface area contributed by atoms with Gasteiger partial charge in [0.15, 0.2) is 0 Å². The van der Waals surface area contributed by atoms with Gasteiger partial charge in [-0.3, -0.25) is 0 Å². The molecular weight excluding hydrogens is 216 g/mol. The van der Waals surface area contributed by atoms with Crippen molar-refractivity contribution in [3.63, 3.8) is 0 Å². The number of hydrogen-bond acceptors (Lipinski definition) is 3. The van der Waals surface area contributed by atoms with Gasteiger partial charge in [-0.05, 0) is 51.2 Å². The predicted molar refractivity (Wildman–Crippen MR) is 71.0 cm³/mol. The Bertz CT molecular complexity index is 311. The molecule has 3 heteroatoms. The summed E-state index contributed by atoms with van der Waals surface area (Å²) in [6.45, 7) is 1.15. The number of nitrogens with zero attached hydrogens (tertiary/aromatic N) is 1. The average Bonchev–Trinajstić information content (AvgIpc) is 2.75. The summed E-state index contributed by atoms with van der Waals surface area (Å²) in [6.07, 6.45) is 4.83. The highest BCUT2D eigenvalue weighted by Gasteiger charge is 2.37. The van der Waals surface area contributed by atoms with Gasteiger partial charge in [-0.15, -0.1) is 11.3 Å². The molecule has 1 saturated carbocycles. The van der Waals surface area contributed by atoms with Crippen molar-refractivity contribution in [2.45, 2.75) is 37.1 Å². The van der Waals surface area contributed by atoms with Gasteiger partial charge in [0.05, 0.1) is 0 Å². The van der Waals surface area contributed by atoms with Gasteiger partial charge in [0.1, 0.15) is 0 Å². The Kier molecular flexibility index (Phi) is 3.67. The minimum atomic E-state index is 0.369. The molecule has 2 nitrogen and oxygen atoms in total. The van der Waals surface area contributed by atoms with Crippen LogP contribution in [0.1, 0.15) is 30.6 Å². The molecule has 1 fully saturated rings. The van der Waals surface area contributed by atoms with Crippen LogP contribution in [0.25, 0.3) is 0 Å². The van der Waals surface area contributed by atoms with Gasteiger partial charge < -0.3 is 10.6 Å². The molecule has 0 bridgehead atoms. The largest absolute Gasteiger partial charge is 0.328 e. The van der Waals surface area contributed by atoms with E-state index in [2.05, 4.69) is 36.5 Å². The Balaban J connectivity index is 2.20. The van der Waals surface area contributed by atoms with Crippen LogP contribution < -0.4 is 5.73 Å². The molecule has 0 radical (unpaired) electrons. The second-order valence-corrected chi connectivity index (χ2v) is 6.28. The van der Waals surface area contributed by atoms with Gasteiger partial charge in [0.25, 0.3) is 0 Å². The van der Waals surface area contributed by atoms with Crippen molar-refractivity contribution in [2.24, 2.45) is 5.73 Å². The van der Waals surface area contributed by atoms with Crippen LogP contribution in [0.2, 0.25) is 0 Å². The molecule has 90 valence electrons. The predicted octanol–water partition coefficient (Wildman–Crippen LogP) is 2.45. The van der Waals surface area contributed by atoms with Gasteiger partial charge in [-0.1, -0.05) is 6.07 Å². The fourth-order valence-electron chi connectivity index (χ4n) is 2.86. The van der Waals surface area contributed by atoms with E-state index in [0.717, 1.165) is 6.54 Å². The fraction of sp³-hybridized carbons (Fsp3) is 0.692. The molecule has 0 aliphatic heterocycles. The van der Waals surface area contributed by atoms with E-state index in [1.807, 2.05) is 11.3 Å². The Morgan fingerprint density at radius 1 is 1.44 bits per heavy atom. The summed E-state index contributed by atoms with van der Waals surface area (Å²) in [5.41, 5.74) is 6.40. The summed E-state index contributed by atoms with van der Waals surface area (Å²) in [6, 6.07) is 4.90. The van der Waals surface area contributed by atoms with Crippen molar-refractivity contribution in [3.05, 3.63) is 22.4 Å². The zero-order chi connectivity index (χ0) is 11.6. The zero-order valence-electron chi connectivity index (χ0n) is 10.3. The maximum Gasteiger partial charge on any atom is 0.0175 e. The summed E-state index contributed by atoms with van der Waals surface area (Å²) < 4.78 is 0.